The second-order valence-corrected chi connectivity index (χ2v) is 12.8. The summed E-state index contributed by atoms with van der Waals surface area (Å²) in [6.07, 6.45) is 2.69. The normalized spacial score (nSPS) is 22.6. The lowest BCUT2D eigenvalue weighted by atomic mass is 9.92. The van der Waals surface area contributed by atoms with Crippen LogP contribution < -0.4 is 9.64 Å². The van der Waals surface area contributed by atoms with Crippen LogP contribution in [0.1, 0.15) is 61.6 Å². The molecule has 1 aromatic heterocycles. The summed E-state index contributed by atoms with van der Waals surface area (Å²) in [4.78, 5) is 28.7. The van der Waals surface area contributed by atoms with Crippen molar-refractivity contribution in [3.8, 4) is 12.1 Å². The van der Waals surface area contributed by atoms with Crippen molar-refractivity contribution in [1.82, 2.24) is 19.8 Å². The molecule has 0 aliphatic carbocycles. The standard InChI is InChI=1S/C34H41FN6O3/c1-22-8-5-9-23-10-6-12-26(30(22)23)29-18-28-27(21-43-29)31(38-33(37-28)44-20-25-11-7-15-39(25)4)40-16-17-41(24(19-40)13-14-36)32(42)34(2,3)35/h5-6,8-10,12,24-25,29H,7,11,13,15-21H2,1-4H3/t24-,25-,29+/m0/s1. The van der Waals surface area contributed by atoms with Gasteiger partial charge in [0.25, 0.3) is 5.91 Å². The molecule has 4 heterocycles. The minimum Gasteiger partial charge on any atom is -0.462 e. The third-order valence-corrected chi connectivity index (χ3v) is 9.31. The third kappa shape index (κ3) is 5.95. The van der Waals surface area contributed by atoms with Crippen molar-refractivity contribution in [1.29, 1.82) is 5.26 Å². The maximum Gasteiger partial charge on any atom is 0.318 e. The third-order valence-electron chi connectivity index (χ3n) is 9.31. The van der Waals surface area contributed by atoms with Gasteiger partial charge < -0.3 is 24.2 Å². The number of amides is 1. The number of piperazine rings is 1. The van der Waals surface area contributed by atoms with E-state index in [4.69, 9.17) is 19.4 Å². The van der Waals surface area contributed by atoms with Gasteiger partial charge in [-0.15, -0.1) is 0 Å². The predicted molar refractivity (Wildman–Crippen MR) is 166 cm³/mol. The first-order valence-corrected chi connectivity index (χ1v) is 15.6. The molecule has 0 N–H and O–H groups in total. The zero-order valence-corrected chi connectivity index (χ0v) is 26.1. The van der Waals surface area contributed by atoms with Gasteiger partial charge in [0, 0.05) is 37.7 Å². The highest BCUT2D eigenvalue weighted by Gasteiger charge is 2.40. The molecule has 3 atom stereocenters. The Morgan fingerprint density at radius 3 is 2.68 bits per heavy atom. The number of rotatable bonds is 7. The average Bonchev–Trinajstić information content (AvgIpc) is 3.43. The number of fused-ring (bicyclic) bond motifs is 2. The predicted octanol–water partition coefficient (Wildman–Crippen LogP) is 4.90. The lowest BCUT2D eigenvalue weighted by molar-refractivity contribution is -0.144. The number of alkyl halides is 1. The molecule has 1 amide bonds. The number of carbonyl (C=O) groups excluding carboxylic acids is 1. The van der Waals surface area contributed by atoms with Crippen LogP contribution in [-0.2, 0) is 22.6 Å². The number of benzene rings is 2. The minimum atomic E-state index is -2.01. The van der Waals surface area contributed by atoms with E-state index in [0.717, 1.165) is 36.2 Å². The zero-order chi connectivity index (χ0) is 31.0. The lowest BCUT2D eigenvalue weighted by Gasteiger charge is -2.43. The fourth-order valence-corrected chi connectivity index (χ4v) is 6.88. The van der Waals surface area contributed by atoms with Crippen LogP contribution in [0.4, 0.5) is 10.2 Å². The van der Waals surface area contributed by atoms with Gasteiger partial charge in [-0.1, -0.05) is 36.4 Å². The maximum atomic E-state index is 14.7. The van der Waals surface area contributed by atoms with Crippen molar-refractivity contribution in [3.05, 3.63) is 58.8 Å². The largest absolute Gasteiger partial charge is 0.462 e. The molecule has 10 heteroatoms. The first-order valence-electron chi connectivity index (χ1n) is 15.6. The summed E-state index contributed by atoms with van der Waals surface area (Å²) < 4.78 is 27.5. The molecular formula is C34H41FN6O3. The number of carbonyl (C=O) groups is 1. The molecule has 2 fully saturated rings. The zero-order valence-electron chi connectivity index (χ0n) is 26.1. The van der Waals surface area contributed by atoms with Gasteiger partial charge in [0.2, 0.25) is 0 Å². The summed E-state index contributed by atoms with van der Waals surface area (Å²) in [6.45, 7) is 7.63. The van der Waals surface area contributed by atoms with Gasteiger partial charge in [0.15, 0.2) is 5.67 Å². The molecule has 2 aromatic carbocycles. The number of likely N-dealkylation sites (N-methyl/N-ethyl adjacent to an activating group) is 1. The number of likely N-dealkylation sites (tertiary alicyclic amines) is 1. The molecule has 44 heavy (non-hydrogen) atoms. The van der Waals surface area contributed by atoms with Gasteiger partial charge in [0.05, 0.1) is 36.9 Å². The Kier molecular flexibility index (Phi) is 8.44. The van der Waals surface area contributed by atoms with Crippen LogP contribution in [0.2, 0.25) is 0 Å². The maximum absolute atomic E-state index is 14.7. The average molecular weight is 601 g/mol. The van der Waals surface area contributed by atoms with Crippen molar-refractivity contribution >= 4 is 22.5 Å². The first kappa shape index (κ1) is 30.2. The summed E-state index contributed by atoms with van der Waals surface area (Å²) in [5.74, 6) is 0.107. The van der Waals surface area contributed by atoms with E-state index in [1.165, 1.54) is 35.1 Å². The number of hydrogen-bond acceptors (Lipinski definition) is 8. The first-order chi connectivity index (χ1) is 21.1. The van der Waals surface area contributed by atoms with E-state index in [2.05, 4.69) is 66.2 Å². The number of nitriles is 1. The summed E-state index contributed by atoms with van der Waals surface area (Å²) in [5, 5.41) is 12.0. The number of nitrogens with zero attached hydrogens (tertiary/aromatic N) is 6. The van der Waals surface area contributed by atoms with Crippen LogP contribution in [0.3, 0.4) is 0 Å². The number of halogens is 1. The fourth-order valence-electron chi connectivity index (χ4n) is 6.88. The van der Waals surface area contributed by atoms with Crippen LogP contribution in [-0.4, -0.2) is 83.3 Å². The van der Waals surface area contributed by atoms with Gasteiger partial charge in [-0.2, -0.15) is 15.2 Å². The van der Waals surface area contributed by atoms with Gasteiger partial charge in [-0.05, 0) is 69.1 Å². The lowest BCUT2D eigenvalue weighted by Crippen LogP contribution is -2.58. The second kappa shape index (κ2) is 12.3. The summed E-state index contributed by atoms with van der Waals surface area (Å²) >= 11 is 0. The highest BCUT2D eigenvalue weighted by atomic mass is 19.1. The van der Waals surface area contributed by atoms with Crippen molar-refractivity contribution in [2.75, 3.05) is 44.7 Å². The molecular weight excluding hydrogens is 559 g/mol. The fraction of sp³-hybridized carbons (Fsp3) is 0.529. The highest BCUT2D eigenvalue weighted by molar-refractivity contribution is 5.89. The number of aromatic nitrogens is 2. The van der Waals surface area contributed by atoms with Gasteiger partial charge >= 0.3 is 6.01 Å². The van der Waals surface area contributed by atoms with E-state index in [-0.39, 0.29) is 12.5 Å². The molecule has 0 unspecified atom stereocenters. The Labute approximate surface area is 258 Å². The topological polar surface area (TPSA) is 94.8 Å². The van der Waals surface area contributed by atoms with Gasteiger partial charge in [-0.3, -0.25) is 4.79 Å². The Bertz CT molecular complexity index is 1580. The van der Waals surface area contributed by atoms with Crippen molar-refractivity contribution in [3.63, 3.8) is 0 Å². The number of anilines is 1. The van der Waals surface area contributed by atoms with Crippen molar-refractivity contribution < 1.29 is 18.7 Å². The van der Waals surface area contributed by atoms with E-state index >= 15 is 0 Å². The quantitative estimate of drug-likeness (QED) is 0.378. The Hall–Kier alpha value is -3.81. The van der Waals surface area contributed by atoms with Crippen LogP contribution in [0.25, 0.3) is 10.8 Å². The van der Waals surface area contributed by atoms with E-state index in [9.17, 15) is 14.4 Å². The molecule has 9 nitrogen and oxygen atoms in total. The Morgan fingerprint density at radius 1 is 1.16 bits per heavy atom. The summed E-state index contributed by atoms with van der Waals surface area (Å²) in [5.41, 5.74) is 2.10. The van der Waals surface area contributed by atoms with Crippen LogP contribution in [0.15, 0.2) is 36.4 Å². The molecule has 3 aliphatic rings. The summed E-state index contributed by atoms with van der Waals surface area (Å²) in [6, 6.07) is 15.0. The molecule has 0 bridgehead atoms. The number of aryl methyl sites for hydroxylation is 1. The molecule has 3 aromatic rings. The second-order valence-electron chi connectivity index (χ2n) is 12.8. The molecule has 2 saturated heterocycles. The molecule has 0 radical (unpaired) electrons. The van der Waals surface area contributed by atoms with E-state index in [1.807, 2.05) is 0 Å². The van der Waals surface area contributed by atoms with Crippen LogP contribution in [0.5, 0.6) is 6.01 Å². The van der Waals surface area contributed by atoms with Crippen LogP contribution >= 0.6 is 0 Å². The Balaban J connectivity index is 1.33. The van der Waals surface area contributed by atoms with E-state index in [0.29, 0.717) is 57.1 Å². The van der Waals surface area contributed by atoms with E-state index < -0.39 is 17.6 Å². The Morgan fingerprint density at radius 2 is 1.95 bits per heavy atom. The van der Waals surface area contributed by atoms with E-state index in [1.54, 1.807) is 0 Å². The minimum absolute atomic E-state index is 0.0992. The molecule has 0 saturated carbocycles. The monoisotopic (exact) mass is 600 g/mol. The number of hydrogen-bond donors (Lipinski definition) is 0. The molecule has 3 aliphatic heterocycles. The number of ether oxygens (including phenoxy) is 2. The molecule has 6 rings (SSSR count). The SMILES string of the molecule is Cc1cccc2cccc([C@H]3Cc4nc(OC[C@@H]5CCCN5C)nc(N5CCN(C(=O)C(C)(C)F)[C@@H](CC#N)C5)c4CO3)c12. The smallest absolute Gasteiger partial charge is 0.318 e. The summed E-state index contributed by atoms with van der Waals surface area (Å²) in [7, 11) is 2.11. The molecule has 0 spiro atoms. The highest BCUT2D eigenvalue weighted by Crippen LogP contribution is 2.39. The van der Waals surface area contributed by atoms with Crippen LogP contribution in [0, 0.1) is 18.3 Å². The van der Waals surface area contributed by atoms with Crippen molar-refractivity contribution in [2.45, 2.75) is 76.9 Å². The molecule has 232 valence electrons. The van der Waals surface area contributed by atoms with Crippen molar-refractivity contribution in [2.24, 2.45) is 0 Å². The van der Waals surface area contributed by atoms with Gasteiger partial charge in [-0.25, -0.2) is 4.39 Å². The van der Waals surface area contributed by atoms with Gasteiger partial charge in [0.1, 0.15) is 12.4 Å².